The van der Waals surface area contributed by atoms with E-state index in [9.17, 15) is 14.0 Å². The summed E-state index contributed by atoms with van der Waals surface area (Å²) in [7, 11) is 0. The summed E-state index contributed by atoms with van der Waals surface area (Å²) in [5.41, 5.74) is 2.82. The lowest BCUT2D eigenvalue weighted by Crippen LogP contribution is -2.54. The summed E-state index contributed by atoms with van der Waals surface area (Å²) in [4.78, 5) is 33.0. The zero-order valence-electron chi connectivity index (χ0n) is 25.4. The Kier molecular flexibility index (Phi) is 9.80. The van der Waals surface area contributed by atoms with Crippen molar-refractivity contribution in [3.8, 4) is 16.9 Å². The maximum absolute atomic E-state index is 14.9. The van der Waals surface area contributed by atoms with Gasteiger partial charge in [-0.05, 0) is 62.8 Å². The fraction of sp³-hybridized carbons (Fsp3) is 0.485. The van der Waals surface area contributed by atoms with Crippen molar-refractivity contribution in [2.45, 2.75) is 57.7 Å². The monoisotopic (exact) mass is 624 g/mol. The zero-order chi connectivity index (χ0) is 30.0. The number of nitrogens with one attached hydrogen (secondary N) is 2. The van der Waals surface area contributed by atoms with Crippen molar-refractivity contribution in [2.24, 2.45) is 5.92 Å². The number of aromatic amines is 1. The van der Waals surface area contributed by atoms with E-state index in [2.05, 4.69) is 49.6 Å². The van der Waals surface area contributed by atoms with Crippen molar-refractivity contribution in [3.05, 3.63) is 66.2 Å². The fourth-order valence-electron chi connectivity index (χ4n) is 6.16. The van der Waals surface area contributed by atoms with Crippen LogP contribution in [0.15, 0.2) is 54.9 Å². The second-order valence-corrected chi connectivity index (χ2v) is 12.4. The number of piperidine rings is 1. The largest absolute Gasteiger partial charge is 0.475 e. The van der Waals surface area contributed by atoms with Gasteiger partial charge in [0.25, 0.3) is 5.91 Å². The number of halogens is 2. The van der Waals surface area contributed by atoms with Gasteiger partial charge in [-0.1, -0.05) is 24.3 Å². The summed E-state index contributed by atoms with van der Waals surface area (Å²) in [5.74, 6) is -0.558. The summed E-state index contributed by atoms with van der Waals surface area (Å²) < 4.78 is 21.0. The summed E-state index contributed by atoms with van der Waals surface area (Å²) in [5, 5.41) is 10.1. The van der Waals surface area contributed by atoms with E-state index in [0.29, 0.717) is 26.2 Å². The third-order valence-corrected chi connectivity index (χ3v) is 8.74. The van der Waals surface area contributed by atoms with Crippen LogP contribution in [0.3, 0.4) is 0 Å². The van der Waals surface area contributed by atoms with Crippen LogP contribution < -0.4 is 15.0 Å². The summed E-state index contributed by atoms with van der Waals surface area (Å²) in [6.07, 6.45) is 7.44. The van der Waals surface area contributed by atoms with Gasteiger partial charge in [0.15, 0.2) is 17.2 Å². The molecule has 0 bridgehead atoms. The number of piperazine rings is 1. The smallest absolute Gasteiger partial charge is 0.266 e. The highest BCUT2D eigenvalue weighted by Gasteiger charge is 2.38. The second kappa shape index (κ2) is 13.6. The van der Waals surface area contributed by atoms with Gasteiger partial charge in [-0.3, -0.25) is 14.7 Å². The molecule has 0 radical (unpaired) electrons. The lowest BCUT2D eigenvalue weighted by molar-refractivity contribution is -0.146. The molecule has 44 heavy (non-hydrogen) atoms. The molecule has 3 aliphatic rings. The molecule has 6 rings (SSSR count). The Bertz CT molecular complexity index is 1420. The van der Waals surface area contributed by atoms with E-state index in [1.54, 1.807) is 37.1 Å². The summed E-state index contributed by atoms with van der Waals surface area (Å²) in [6.45, 7) is 7.99. The third kappa shape index (κ3) is 7.18. The Balaban J connectivity index is 0.00000384. The molecule has 3 aromatic rings. The lowest BCUT2D eigenvalue weighted by atomic mass is 9.95. The molecule has 2 N–H and O–H groups in total. The minimum atomic E-state index is -1.21. The lowest BCUT2D eigenvalue weighted by Gasteiger charge is -2.37. The molecule has 2 saturated heterocycles. The minimum absolute atomic E-state index is 0. The van der Waals surface area contributed by atoms with E-state index < -0.39 is 11.4 Å². The van der Waals surface area contributed by atoms with Crippen LogP contribution in [-0.4, -0.2) is 82.7 Å². The van der Waals surface area contributed by atoms with E-state index in [4.69, 9.17) is 4.74 Å². The molecule has 0 spiro atoms. The molecule has 3 fully saturated rings. The van der Waals surface area contributed by atoms with Gasteiger partial charge in [-0.2, -0.15) is 5.10 Å². The van der Waals surface area contributed by atoms with Crippen molar-refractivity contribution in [2.75, 3.05) is 44.2 Å². The molecule has 2 aromatic carbocycles. The number of carbonyl (C=O) groups excluding carboxylic acids is 2. The number of anilines is 1. The van der Waals surface area contributed by atoms with Crippen LogP contribution in [0.25, 0.3) is 11.1 Å². The molecular formula is C33H42ClFN6O3. The Labute approximate surface area is 264 Å². The first-order valence-corrected chi connectivity index (χ1v) is 15.4. The van der Waals surface area contributed by atoms with Crippen molar-refractivity contribution < 1.29 is 18.7 Å². The van der Waals surface area contributed by atoms with E-state index in [1.807, 2.05) is 6.20 Å². The summed E-state index contributed by atoms with van der Waals surface area (Å²) >= 11 is 0. The van der Waals surface area contributed by atoms with E-state index in [1.165, 1.54) is 6.07 Å². The number of hydrogen-bond acceptors (Lipinski definition) is 6. The van der Waals surface area contributed by atoms with Gasteiger partial charge in [-0.15, -0.1) is 12.4 Å². The average Bonchev–Trinajstić information content (AvgIpc) is 3.73. The third-order valence-electron chi connectivity index (χ3n) is 8.74. The predicted molar refractivity (Wildman–Crippen MR) is 170 cm³/mol. The maximum atomic E-state index is 14.9. The molecule has 236 valence electrons. The van der Waals surface area contributed by atoms with E-state index in [0.717, 1.165) is 67.7 Å². The van der Waals surface area contributed by atoms with Crippen LogP contribution in [0, 0.1) is 11.7 Å². The van der Waals surface area contributed by atoms with Crippen molar-refractivity contribution in [1.29, 1.82) is 0 Å². The van der Waals surface area contributed by atoms with Crippen LogP contribution in [0.2, 0.25) is 0 Å². The summed E-state index contributed by atoms with van der Waals surface area (Å²) in [6, 6.07) is 13.4. The number of ether oxygens (including phenoxy) is 1. The first-order chi connectivity index (χ1) is 20.8. The quantitative estimate of drug-likeness (QED) is 0.361. The molecule has 11 heteroatoms. The number of amides is 2. The predicted octanol–water partition coefficient (Wildman–Crippen LogP) is 4.63. The van der Waals surface area contributed by atoms with Gasteiger partial charge in [0, 0.05) is 75.4 Å². The number of aromatic nitrogens is 2. The number of carbonyl (C=O) groups is 2. The Hall–Kier alpha value is -3.63. The van der Waals surface area contributed by atoms with Crippen LogP contribution in [0.4, 0.5) is 10.1 Å². The fourth-order valence-corrected chi connectivity index (χ4v) is 6.16. The molecule has 1 saturated carbocycles. The van der Waals surface area contributed by atoms with Crippen LogP contribution in [0.1, 0.15) is 45.1 Å². The maximum Gasteiger partial charge on any atom is 0.266 e. The average molecular weight is 625 g/mol. The van der Waals surface area contributed by atoms with Gasteiger partial charge < -0.3 is 24.8 Å². The zero-order valence-corrected chi connectivity index (χ0v) is 26.2. The minimum Gasteiger partial charge on any atom is -0.475 e. The standard InChI is InChI=1S/C33H41FN6O3.ClH/c1-33(2,32(42)38-16-13-35-14-17-38)43-30-18-28(11-12-29(30)34)39-15-3-4-25(22-39)31(41)40(27-9-10-27)21-23-5-7-24(8-6-23)26-19-36-37-20-26;/h5-8,11-12,18-20,25,27,35H,3-4,9-10,13-17,21-22H2,1-2H3,(H,36,37);1H. The molecule has 1 aromatic heterocycles. The van der Waals surface area contributed by atoms with Gasteiger partial charge in [0.05, 0.1) is 12.1 Å². The topological polar surface area (TPSA) is 93.8 Å². The molecular weight excluding hydrogens is 583 g/mol. The molecule has 2 aliphatic heterocycles. The van der Waals surface area contributed by atoms with Gasteiger partial charge in [-0.25, -0.2) is 4.39 Å². The molecule has 1 aliphatic carbocycles. The van der Waals surface area contributed by atoms with Gasteiger partial charge >= 0.3 is 0 Å². The second-order valence-electron chi connectivity index (χ2n) is 12.4. The molecule has 2 amide bonds. The highest BCUT2D eigenvalue weighted by Crippen LogP contribution is 2.34. The number of nitrogens with zero attached hydrogens (tertiary/aromatic N) is 4. The van der Waals surface area contributed by atoms with Crippen molar-refractivity contribution >= 4 is 29.9 Å². The number of benzene rings is 2. The highest BCUT2D eigenvalue weighted by atomic mass is 35.5. The van der Waals surface area contributed by atoms with E-state index in [-0.39, 0.29) is 41.9 Å². The molecule has 3 heterocycles. The Morgan fingerprint density at radius 3 is 2.48 bits per heavy atom. The highest BCUT2D eigenvalue weighted by molar-refractivity contribution is 5.85. The number of H-pyrrole nitrogens is 1. The first kappa shape index (κ1) is 31.8. The number of hydrogen-bond donors (Lipinski definition) is 2. The first-order valence-electron chi connectivity index (χ1n) is 15.4. The SMILES string of the molecule is CC(C)(Oc1cc(N2CCCC(C(=O)N(Cc3ccc(-c4cn[nH]c4)cc3)C3CC3)C2)ccc1F)C(=O)N1CCNCC1.Cl. The van der Waals surface area contributed by atoms with Crippen LogP contribution >= 0.6 is 12.4 Å². The Morgan fingerprint density at radius 1 is 1.05 bits per heavy atom. The molecule has 9 nitrogen and oxygen atoms in total. The Morgan fingerprint density at radius 2 is 1.80 bits per heavy atom. The van der Waals surface area contributed by atoms with Gasteiger partial charge in [0.1, 0.15) is 0 Å². The molecule has 1 unspecified atom stereocenters. The van der Waals surface area contributed by atoms with Crippen molar-refractivity contribution in [1.82, 2.24) is 25.3 Å². The number of rotatable bonds is 9. The van der Waals surface area contributed by atoms with Crippen LogP contribution in [-0.2, 0) is 16.1 Å². The van der Waals surface area contributed by atoms with E-state index >= 15 is 0 Å². The van der Waals surface area contributed by atoms with Gasteiger partial charge in [0.2, 0.25) is 5.91 Å². The normalized spacial score (nSPS) is 18.8. The molecule has 1 atom stereocenters. The van der Waals surface area contributed by atoms with Crippen LogP contribution in [0.5, 0.6) is 5.75 Å². The van der Waals surface area contributed by atoms with Crippen molar-refractivity contribution in [3.63, 3.8) is 0 Å².